The van der Waals surface area contributed by atoms with Crippen molar-refractivity contribution in [3.8, 4) is 6.07 Å². The molecule has 1 unspecified atom stereocenters. The zero-order valence-electron chi connectivity index (χ0n) is 11.6. The second-order valence-corrected chi connectivity index (χ2v) is 7.04. The van der Waals surface area contributed by atoms with Crippen molar-refractivity contribution in [1.29, 1.82) is 5.26 Å². The minimum absolute atomic E-state index is 0.0546. The molecule has 112 valence electrons. The van der Waals surface area contributed by atoms with E-state index in [0.717, 1.165) is 0 Å². The van der Waals surface area contributed by atoms with Gasteiger partial charge in [-0.15, -0.1) is 0 Å². The van der Waals surface area contributed by atoms with Crippen molar-refractivity contribution < 1.29 is 18.3 Å². The van der Waals surface area contributed by atoms with Crippen LogP contribution in [-0.4, -0.2) is 36.9 Å². The third-order valence-electron chi connectivity index (χ3n) is 4.07. The number of nitriles is 1. The first-order valence-electron chi connectivity index (χ1n) is 6.60. The zero-order valence-corrected chi connectivity index (χ0v) is 12.4. The fourth-order valence-electron chi connectivity index (χ4n) is 2.58. The summed E-state index contributed by atoms with van der Waals surface area (Å²) in [7, 11) is -3.85. The van der Waals surface area contributed by atoms with Crippen molar-refractivity contribution >= 4 is 16.0 Å². The van der Waals surface area contributed by atoms with Crippen LogP contribution in [0, 0.1) is 16.7 Å². The molecule has 2 rings (SSSR count). The molecule has 0 aliphatic carbocycles. The number of hydrogen-bond donors (Lipinski definition) is 1. The maximum atomic E-state index is 12.6. The van der Waals surface area contributed by atoms with Gasteiger partial charge in [0.1, 0.15) is 6.07 Å². The predicted molar refractivity (Wildman–Crippen MR) is 74.9 cm³/mol. The third-order valence-corrected chi connectivity index (χ3v) is 5.98. The number of benzene rings is 1. The molecule has 0 bridgehead atoms. The van der Waals surface area contributed by atoms with Crippen LogP contribution < -0.4 is 0 Å². The van der Waals surface area contributed by atoms with Crippen molar-refractivity contribution in [3.05, 3.63) is 29.8 Å². The summed E-state index contributed by atoms with van der Waals surface area (Å²) in [6.07, 6.45) is 0.654. The Balaban J connectivity index is 2.39. The minimum atomic E-state index is -3.85. The number of hydrogen-bond acceptors (Lipinski definition) is 4. The van der Waals surface area contributed by atoms with Gasteiger partial charge >= 0.3 is 5.97 Å². The molecule has 0 amide bonds. The van der Waals surface area contributed by atoms with Gasteiger partial charge in [0.15, 0.2) is 0 Å². The molecule has 1 aliphatic rings. The summed E-state index contributed by atoms with van der Waals surface area (Å²) in [5.41, 5.74) is -0.962. The molecule has 1 N–H and O–H groups in total. The number of carbonyl (C=O) groups is 1. The van der Waals surface area contributed by atoms with E-state index in [4.69, 9.17) is 5.26 Å². The SMILES string of the molecule is CCC1(C(=O)O)CCN(S(=O)(=O)c2ccccc2C#N)C1. The molecule has 1 aromatic carbocycles. The maximum absolute atomic E-state index is 12.6. The molecule has 0 radical (unpaired) electrons. The summed E-state index contributed by atoms with van der Waals surface area (Å²) < 4.78 is 26.4. The van der Waals surface area contributed by atoms with Crippen molar-refractivity contribution in [2.45, 2.75) is 24.7 Å². The van der Waals surface area contributed by atoms with E-state index in [1.165, 1.54) is 16.4 Å². The molecule has 1 aliphatic heterocycles. The van der Waals surface area contributed by atoms with Gasteiger partial charge < -0.3 is 5.11 Å². The highest BCUT2D eigenvalue weighted by Gasteiger charge is 2.47. The summed E-state index contributed by atoms with van der Waals surface area (Å²) in [5.74, 6) is -0.976. The second kappa shape index (κ2) is 5.47. The maximum Gasteiger partial charge on any atom is 0.311 e. The van der Waals surface area contributed by atoms with Crippen LogP contribution in [-0.2, 0) is 14.8 Å². The molecule has 0 saturated carbocycles. The van der Waals surface area contributed by atoms with Gasteiger partial charge in [-0.05, 0) is 25.0 Å². The Morgan fingerprint density at radius 1 is 1.48 bits per heavy atom. The highest BCUT2D eigenvalue weighted by atomic mass is 32.2. The van der Waals surface area contributed by atoms with Gasteiger partial charge in [-0.3, -0.25) is 4.79 Å². The number of sulfonamides is 1. The van der Waals surface area contributed by atoms with Gasteiger partial charge in [-0.2, -0.15) is 9.57 Å². The molecule has 1 fully saturated rings. The smallest absolute Gasteiger partial charge is 0.311 e. The zero-order chi connectivity index (χ0) is 15.7. The number of nitrogens with zero attached hydrogens (tertiary/aromatic N) is 2. The molecule has 1 aromatic rings. The van der Waals surface area contributed by atoms with Crippen molar-refractivity contribution in [2.75, 3.05) is 13.1 Å². The van der Waals surface area contributed by atoms with Crippen LogP contribution in [0.5, 0.6) is 0 Å². The normalized spacial score (nSPS) is 22.9. The molecular weight excluding hydrogens is 292 g/mol. The van der Waals surface area contributed by atoms with E-state index in [0.29, 0.717) is 6.42 Å². The molecule has 0 aromatic heterocycles. The summed E-state index contributed by atoms with van der Waals surface area (Å²) in [6, 6.07) is 7.82. The van der Waals surface area contributed by atoms with E-state index in [1.807, 2.05) is 6.07 Å². The number of aliphatic carboxylic acids is 1. The lowest BCUT2D eigenvalue weighted by Crippen LogP contribution is -2.36. The Labute approximate surface area is 123 Å². The molecule has 7 heteroatoms. The molecule has 1 atom stereocenters. The average molecular weight is 308 g/mol. The molecule has 21 heavy (non-hydrogen) atoms. The van der Waals surface area contributed by atoms with E-state index >= 15 is 0 Å². The number of carboxylic acids is 1. The van der Waals surface area contributed by atoms with E-state index in [1.54, 1.807) is 19.1 Å². The summed E-state index contributed by atoms with van der Waals surface area (Å²) >= 11 is 0. The first-order chi connectivity index (χ1) is 9.87. The minimum Gasteiger partial charge on any atom is -0.481 e. The second-order valence-electron chi connectivity index (χ2n) is 5.14. The summed E-state index contributed by atoms with van der Waals surface area (Å²) in [5, 5.41) is 18.4. The van der Waals surface area contributed by atoms with Crippen LogP contribution in [0.15, 0.2) is 29.2 Å². The predicted octanol–water partition coefficient (Wildman–Crippen LogP) is 1.43. The Morgan fingerprint density at radius 3 is 2.67 bits per heavy atom. The first-order valence-corrected chi connectivity index (χ1v) is 8.04. The molecule has 1 heterocycles. The highest BCUT2D eigenvalue weighted by molar-refractivity contribution is 7.89. The van der Waals surface area contributed by atoms with E-state index in [-0.39, 0.29) is 30.0 Å². The Bertz CT molecular complexity index is 708. The monoisotopic (exact) mass is 308 g/mol. The molecular formula is C14H16N2O4S. The Morgan fingerprint density at radius 2 is 2.14 bits per heavy atom. The van der Waals surface area contributed by atoms with Crippen LogP contribution in [0.25, 0.3) is 0 Å². The summed E-state index contributed by atoms with van der Waals surface area (Å²) in [4.78, 5) is 11.3. The van der Waals surface area contributed by atoms with Crippen LogP contribution >= 0.6 is 0 Å². The standard InChI is InChI=1S/C14H16N2O4S/c1-2-14(13(17)18)7-8-16(10-14)21(19,20)12-6-4-3-5-11(12)9-15/h3-6H,2,7-8,10H2,1H3,(H,17,18). The van der Waals surface area contributed by atoms with Crippen molar-refractivity contribution in [2.24, 2.45) is 5.41 Å². The van der Waals surface area contributed by atoms with Gasteiger partial charge in [0, 0.05) is 13.1 Å². The van der Waals surface area contributed by atoms with E-state index in [9.17, 15) is 18.3 Å². The fourth-order valence-corrected chi connectivity index (χ4v) is 4.25. The van der Waals surface area contributed by atoms with Crippen molar-refractivity contribution in [1.82, 2.24) is 4.31 Å². The van der Waals surface area contributed by atoms with E-state index in [2.05, 4.69) is 0 Å². The van der Waals surface area contributed by atoms with Gasteiger partial charge in [0.25, 0.3) is 0 Å². The van der Waals surface area contributed by atoms with Crippen molar-refractivity contribution in [3.63, 3.8) is 0 Å². The molecule has 6 nitrogen and oxygen atoms in total. The van der Waals surface area contributed by atoms with Gasteiger partial charge in [-0.1, -0.05) is 19.1 Å². The number of carboxylic acid groups (broad SMARTS) is 1. The average Bonchev–Trinajstić information content (AvgIpc) is 2.94. The van der Waals surface area contributed by atoms with Crippen LogP contribution in [0.3, 0.4) is 0 Å². The van der Waals surface area contributed by atoms with Crippen LogP contribution in [0.4, 0.5) is 0 Å². The van der Waals surface area contributed by atoms with Gasteiger partial charge in [0.05, 0.1) is 15.9 Å². The van der Waals surface area contributed by atoms with Crippen LogP contribution in [0.2, 0.25) is 0 Å². The molecule has 1 saturated heterocycles. The summed E-state index contributed by atoms with van der Waals surface area (Å²) in [6.45, 7) is 1.84. The first kappa shape index (κ1) is 15.5. The largest absolute Gasteiger partial charge is 0.481 e. The topological polar surface area (TPSA) is 98.5 Å². The number of rotatable bonds is 4. The lowest BCUT2D eigenvalue weighted by molar-refractivity contribution is -0.148. The Kier molecular flexibility index (Phi) is 4.03. The van der Waals surface area contributed by atoms with Crippen LogP contribution in [0.1, 0.15) is 25.3 Å². The third kappa shape index (κ3) is 2.52. The van der Waals surface area contributed by atoms with Gasteiger partial charge in [-0.25, -0.2) is 8.42 Å². The fraction of sp³-hybridized carbons (Fsp3) is 0.429. The quantitative estimate of drug-likeness (QED) is 0.907. The lowest BCUT2D eigenvalue weighted by atomic mass is 9.85. The lowest BCUT2D eigenvalue weighted by Gasteiger charge is -2.23. The van der Waals surface area contributed by atoms with E-state index < -0.39 is 21.4 Å². The van der Waals surface area contributed by atoms with Gasteiger partial charge in [0.2, 0.25) is 10.0 Å². The highest BCUT2D eigenvalue weighted by Crippen LogP contribution is 2.37. The molecule has 0 spiro atoms. The Hall–Kier alpha value is -1.91.